The van der Waals surface area contributed by atoms with Crippen molar-refractivity contribution in [3.8, 4) is 5.75 Å². The Morgan fingerprint density at radius 2 is 1.61 bits per heavy atom. The lowest BCUT2D eigenvalue weighted by molar-refractivity contribution is -0.165. The minimum atomic E-state index is -1.85. The number of aliphatic imine (C=N–C) groups is 1. The molecule has 24 heteroatoms. The van der Waals surface area contributed by atoms with Gasteiger partial charge in [-0.1, -0.05) is 68.3 Å². The predicted molar refractivity (Wildman–Crippen MR) is 257 cm³/mol. The highest BCUT2D eigenvalue weighted by atomic mass is 35.5. The molecule has 2 heterocycles. The number of cyclic esters (lactones) is 1. The van der Waals surface area contributed by atoms with Gasteiger partial charge in [0.25, 0.3) is 0 Å². The van der Waals surface area contributed by atoms with Crippen molar-refractivity contribution in [3.63, 3.8) is 0 Å². The molecule has 2 aromatic carbocycles. The van der Waals surface area contributed by atoms with Crippen molar-refractivity contribution >= 4 is 70.8 Å². The molecule has 3 unspecified atom stereocenters. The first-order chi connectivity index (χ1) is 33.5. The van der Waals surface area contributed by atoms with Crippen LogP contribution in [0.5, 0.6) is 5.75 Å². The van der Waals surface area contributed by atoms with Gasteiger partial charge < -0.3 is 67.9 Å². The number of carbonyl (C=O) groups excluding carboxylic acids is 8. The second-order valence-corrected chi connectivity index (χ2v) is 18.1. The average molecular weight is 1010 g/mol. The zero-order valence-electron chi connectivity index (χ0n) is 40.3. The van der Waals surface area contributed by atoms with E-state index in [1.54, 1.807) is 44.2 Å². The summed E-state index contributed by atoms with van der Waals surface area (Å²) >= 11 is 6.28. The number of likely N-dealkylation sites (N-methyl/N-ethyl adjacent to an activating group) is 1. The molecule has 0 aliphatic carbocycles. The molecule has 2 aromatic rings. The predicted octanol–water partition coefficient (Wildman–Crippen LogP) is -0.679. The number of halogens is 1. The van der Waals surface area contributed by atoms with Crippen molar-refractivity contribution in [2.24, 2.45) is 22.4 Å². The maximum Gasteiger partial charge on any atom is 0.329 e. The number of esters is 1. The number of aliphatic hydroxyl groups is 1. The maximum absolute atomic E-state index is 15.1. The number of hydrogen-bond donors (Lipinski definition) is 10. The number of aliphatic hydroxyl groups excluding tert-OH is 1. The Kier molecular flexibility index (Phi) is 20.9. The van der Waals surface area contributed by atoms with Crippen LogP contribution >= 0.6 is 11.6 Å². The summed E-state index contributed by atoms with van der Waals surface area (Å²) in [5.74, 6) is -9.90. The lowest BCUT2D eigenvalue weighted by Crippen LogP contribution is -2.65. The molecule has 0 saturated carbocycles. The highest BCUT2D eigenvalue weighted by molar-refractivity contribution is 6.32. The van der Waals surface area contributed by atoms with Gasteiger partial charge in [-0.3, -0.25) is 43.3 Å². The fraction of sp³-hybridized carbons (Fsp3) is 0.532. The molecule has 23 nitrogen and oxygen atoms in total. The van der Waals surface area contributed by atoms with Gasteiger partial charge in [0.05, 0.1) is 5.02 Å². The molecular formula is C47H65ClN10O13. The molecule has 0 aromatic heterocycles. The number of piperidine rings is 1. The molecule has 0 radical (unpaired) electrons. The Morgan fingerprint density at radius 3 is 2.23 bits per heavy atom. The Morgan fingerprint density at radius 1 is 0.930 bits per heavy atom. The van der Waals surface area contributed by atoms with Crippen LogP contribution in [0.4, 0.5) is 0 Å². The van der Waals surface area contributed by atoms with E-state index in [0.717, 1.165) is 16.7 Å². The van der Waals surface area contributed by atoms with E-state index in [9.17, 15) is 53.7 Å². The Bertz CT molecular complexity index is 2300. The van der Waals surface area contributed by atoms with E-state index in [1.807, 2.05) is 0 Å². The molecule has 0 spiro atoms. The van der Waals surface area contributed by atoms with Gasteiger partial charge in [0.15, 0.2) is 5.96 Å². The fourth-order valence-electron chi connectivity index (χ4n) is 8.22. The van der Waals surface area contributed by atoms with E-state index in [0.29, 0.717) is 11.1 Å². The van der Waals surface area contributed by atoms with Gasteiger partial charge in [0.2, 0.25) is 41.4 Å². The smallest absolute Gasteiger partial charge is 0.329 e. The van der Waals surface area contributed by atoms with E-state index in [4.69, 9.17) is 27.8 Å². The summed E-state index contributed by atoms with van der Waals surface area (Å²) in [6, 6.07) is 2.06. The Hall–Kier alpha value is -7.01. The van der Waals surface area contributed by atoms with E-state index in [2.05, 4.69) is 31.6 Å². The number of hydrogen-bond acceptors (Lipinski definition) is 13. The molecule has 4 rings (SSSR count). The summed E-state index contributed by atoms with van der Waals surface area (Å²) in [6.07, 6.45) is -4.62. The SMILES string of the molecule is CCC(C)C1NC(=O)[C@H](Cc2ccc(O)c(Cl)c2)N(C)C(=O)[C@H](Cc2ccccc2)N2C(=O)[C@H](CC[C@H]2O)NC(=O)[C@H](CCCN=C(N)N)NC(=O)[C@@H](NC(=O)C(CCC(=O)O)NC(C)=O)[C@H](C)OC1=O. The summed E-state index contributed by atoms with van der Waals surface area (Å²) in [5, 5.41) is 43.8. The van der Waals surface area contributed by atoms with E-state index in [1.165, 1.54) is 32.2 Å². The highest BCUT2D eigenvalue weighted by Gasteiger charge is 2.46. The number of nitrogens with one attached hydrogen (secondary N) is 5. The number of carbonyl (C=O) groups is 9. The van der Waals surface area contributed by atoms with Crippen LogP contribution in [0.2, 0.25) is 5.02 Å². The average Bonchev–Trinajstić information content (AvgIpc) is 3.31. The normalized spacial score (nSPS) is 24.6. The van der Waals surface area contributed by atoms with Crippen LogP contribution in [-0.4, -0.2) is 153 Å². The number of phenols is 1. The van der Waals surface area contributed by atoms with E-state index < -0.39 is 127 Å². The van der Waals surface area contributed by atoms with Crippen molar-refractivity contribution in [2.45, 2.75) is 140 Å². The monoisotopic (exact) mass is 1010 g/mol. The van der Waals surface area contributed by atoms with Gasteiger partial charge in [0, 0.05) is 39.8 Å². The number of fused-ring (bicyclic) bond motifs is 2. The number of benzene rings is 2. The molecule has 2 aliphatic rings. The summed E-state index contributed by atoms with van der Waals surface area (Å²) < 4.78 is 5.86. The Balaban J connectivity index is 1.92. The standard InChI is InChI=1S/C47H65ClN10O13/c1-6-24(2)38-46(70)71-25(3)39(56-41(65)31(52-26(4)59)16-19-37(62)63)43(67)53-30(13-10-20-51-47(49)50)40(64)54-32-15-18-36(61)58(44(32)68)34(22-27-11-8-7-9-12-27)45(69)57(5)33(42(66)55-38)23-28-14-17-35(60)29(48)21-28/h7-9,11-12,14,17,21,24-25,30-34,36,38-39,60-61H,6,10,13,15-16,18-20,22-23H2,1-5H3,(H,52,59)(H,53,67)(H,54,64)(H,55,66)(H,56,65)(H,62,63)(H4,49,50,51)/t24?,25-,30-,31?,32-,33-,34-,36+,38?,39-/m0/s1. The van der Waals surface area contributed by atoms with Gasteiger partial charge in [-0.2, -0.15) is 0 Å². The highest BCUT2D eigenvalue weighted by Crippen LogP contribution is 2.28. The van der Waals surface area contributed by atoms with Crippen molar-refractivity contribution in [1.29, 1.82) is 0 Å². The van der Waals surface area contributed by atoms with Crippen molar-refractivity contribution < 1.29 is 63.2 Å². The van der Waals surface area contributed by atoms with E-state index in [-0.39, 0.29) is 68.2 Å². The largest absolute Gasteiger partial charge is 0.506 e. The van der Waals surface area contributed by atoms with Gasteiger partial charge in [-0.25, -0.2) is 4.79 Å². The number of carboxylic acids is 1. The van der Waals surface area contributed by atoms with Crippen LogP contribution in [0.25, 0.3) is 0 Å². The number of amides is 7. The van der Waals surface area contributed by atoms with Crippen LogP contribution < -0.4 is 38.1 Å². The summed E-state index contributed by atoms with van der Waals surface area (Å²) in [4.78, 5) is 131. The van der Waals surface area contributed by atoms with E-state index >= 15 is 4.79 Å². The number of aliphatic carboxylic acids is 1. The quantitative estimate of drug-likeness (QED) is 0.0431. The number of ether oxygens (including phenoxy) is 1. The number of phenolic OH excluding ortho intramolecular Hbond substituents is 1. The molecule has 2 saturated heterocycles. The van der Waals surface area contributed by atoms with Crippen molar-refractivity contribution in [1.82, 2.24) is 36.4 Å². The first-order valence-corrected chi connectivity index (χ1v) is 23.6. The van der Waals surface area contributed by atoms with Gasteiger partial charge >= 0.3 is 11.9 Å². The van der Waals surface area contributed by atoms with Crippen LogP contribution in [-0.2, 0) is 60.7 Å². The molecule has 71 heavy (non-hydrogen) atoms. The lowest BCUT2D eigenvalue weighted by Gasteiger charge is -2.43. The second kappa shape index (κ2) is 26.3. The molecule has 2 aliphatic heterocycles. The molecule has 10 atom stereocenters. The third-order valence-corrected chi connectivity index (χ3v) is 12.7. The van der Waals surface area contributed by atoms with Crippen LogP contribution in [0.15, 0.2) is 53.5 Å². The molecule has 2 fully saturated rings. The number of nitrogens with two attached hydrogens (primary N) is 2. The zero-order valence-corrected chi connectivity index (χ0v) is 41.0. The Labute approximate surface area is 415 Å². The summed E-state index contributed by atoms with van der Waals surface area (Å²) in [6.45, 7) is 5.68. The fourth-order valence-corrected chi connectivity index (χ4v) is 8.42. The molecule has 7 amide bonds. The van der Waals surface area contributed by atoms with Crippen LogP contribution in [0.3, 0.4) is 0 Å². The van der Waals surface area contributed by atoms with Crippen LogP contribution in [0.1, 0.15) is 83.8 Å². The van der Waals surface area contributed by atoms with Crippen molar-refractivity contribution in [3.05, 3.63) is 64.7 Å². The topological polar surface area (TPSA) is 355 Å². The van der Waals surface area contributed by atoms with Gasteiger partial charge in [-0.05, 0) is 68.2 Å². The first-order valence-electron chi connectivity index (χ1n) is 23.3. The maximum atomic E-state index is 15.1. The first kappa shape index (κ1) is 56.6. The van der Waals surface area contributed by atoms with Gasteiger partial charge in [-0.15, -0.1) is 0 Å². The molecule has 388 valence electrons. The number of guanidine groups is 1. The molecular weight excluding hydrogens is 948 g/mol. The summed E-state index contributed by atoms with van der Waals surface area (Å²) in [7, 11) is 1.32. The minimum Gasteiger partial charge on any atom is -0.506 e. The van der Waals surface area contributed by atoms with Crippen LogP contribution in [0, 0.1) is 5.92 Å². The van der Waals surface area contributed by atoms with Gasteiger partial charge in [0.1, 0.15) is 60.4 Å². The third kappa shape index (κ3) is 16.0. The molecule has 12 N–H and O–H groups in total. The molecule has 2 bridgehead atoms. The second-order valence-electron chi connectivity index (χ2n) is 17.7. The summed E-state index contributed by atoms with van der Waals surface area (Å²) in [5.41, 5.74) is 12.0. The third-order valence-electron chi connectivity index (χ3n) is 12.4. The minimum absolute atomic E-state index is 0.0131. The number of carboxylic acid groups (broad SMARTS) is 1. The lowest BCUT2D eigenvalue weighted by atomic mass is 9.95. The number of rotatable bonds is 16. The number of aromatic hydroxyl groups is 1. The zero-order chi connectivity index (χ0) is 52.7. The number of nitrogens with zero attached hydrogens (tertiary/aromatic N) is 3. The van der Waals surface area contributed by atoms with Crippen molar-refractivity contribution in [2.75, 3.05) is 13.6 Å².